The Morgan fingerprint density at radius 2 is 2.04 bits per heavy atom. The summed E-state index contributed by atoms with van der Waals surface area (Å²) in [5, 5.41) is 3.04. The fraction of sp³-hybridized carbons (Fsp3) is 0.474. The maximum absolute atomic E-state index is 12.4. The maximum Gasteiger partial charge on any atom is 0.251 e. The number of hydrogen-bond acceptors (Lipinski definition) is 2. The number of rotatable bonds is 4. The summed E-state index contributed by atoms with van der Waals surface area (Å²) in [5.41, 5.74) is 5.41. The van der Waals surface area contributed by atoms with E-state index in [0.717, 1.165) is 36.2 Å². The molecule has 0 radical (unpaired) electrons. The number of allylic oxidation sites excluding steroid dienone is 1. The molecule has 0 saturated carbocycles. The van der Waals surface area contributed by atoms with Crippen molar-refractivity contribution in [2.75, 3.05) is 18.0 Å². The highest BCUT2D eigenvalue weighted by Crippen LogP contribution is 2.38. The molecule has 4 nitrogen and oxygen atoms in total. The lowest BCUT2D eigenvalue weighted by Gasteiger charge is -2.13. The summed E-state index contributed by atoms with van der Waals surface area (Å²) >= 11 is 0. The number of nitrogens with one attached hydrogen (secondary N) is 1. The average molecular weight is 310 g/mol. The van der Waals surface area contributed by atoms with Crippen LogP contribution in [0.5, 0.6) is 0 Å². The van der Waals surface area contributed by atoms with E-state index in [1.807, 2.05) is 17.0 Å². The van der Waals surface area contributed by atoms with E-state index in [-0.39, 0.29) is 11.8 Å². The highest BCUT2D eigenvalue weighted by molar-refractivity contribution is 6.05. The van der Waals surface area contributed by atoms with Gasteiger partial charge in [0.15, 0.2) is 0 Å². The average Bonchev–Trinajstić information content (AvgIpc) is 3.13. The number of nitrogens with zero attached hydrogens (tertiary/aromatic N) is 1. The first kappa shape index (κ1) is 14.5. The summed E-state index contributed by atoms with van der Waals surface area (Å²) in [6.07, 6.45) is 9.51. The van der Waals surface area contributed by atoms with E-state index in [9.17, 15) is 9.59 Å². The molecule has 1 aromatic carbocycles. The van der Waals surface area contributed by atoms with Gasteiger partial charge in [0.1, 0.15) is 0 Å². The number of anilines is 1. The van der Waals surface area contributed by atoms with Gasteiger partial charge in [-0.3, -0.25) is 9.59 Å². The van der Waals surface area contributed by atoms with Gasteiger partial charge in [-0.1, -0.05) is 11.6 Å². The molecule has 2 heterocycles. The number of carbonyl (C=O) groups is 2. The van der Waals surface area contributed by atoms with Crippen LogP contribution in [0.1, 0.15) is 53.6 Å². The lowest BCUT2D eigenvalue weighted by Crippen LogP contribution is -2.25. The van der Waals surface area contributed by atoms with Gasteiger partial charge in [0.25, 0.3) is 5.91 Å². The zero-order valence-electron chi connectivity index (χ0n) is 13.4. The number of carbonyl (C=O) groups excluding carboxylic acids is 2. The van der Waals surface area contributed by atoms with E-state index in [4.69, 9.17) is 0 Å². The van der Waals surface area contributed by atoms with Crippen molar-refractivity contribution in [1.29, 1.82) is 0 Å². The van der Waals surface area contributed by atoms with Crippen molar-refractivity contribution < 1.29 is 9.59 Å². The predicted molar refractivity (Wildman–Crippen MR) is 89.7 cm³/mol. The van der Waals surface area contributed by atoms with Gasteiger partial charge in [-0.25, -0.2) is 0 Å². The molecule has 23 heavy (non-hydrogen) atoms. The van der Waals surface area contributed by atoms with Gasteiger partial charge in [0.05, 0.1) is 12.1 Å². The highest BCUT2D eigenvalue weighted by atomic mass is 16.2. The van der Waals surface area contributed by atoms with Crippen molar-refractivity contribution in [3.8, 4) is 0 Å². The molecule has 0 bridgehead atoms. The van der Waals surface area contributed by atoms with E-state index in [1.54, 1.807) is 0 Å². The molecule has 0 aromatic heterocycles. The van der Waals surface area contributed by atoms with Gasteiger partial charge in [-0.15, -0.1) is 0 Å². The van der Waals surface area contributed by atoms with Crippen LogP contribution < -0.4 is 10.2 Å². The second-order valence-corrected chi connectivity index (χ2v) is 6.73. The summed E-state index contributed by atoms with van der Waals surface area (Å²) in [6.45, 7) is 1.46. The molecule has 120 valence electrons. The van der Waals surface area contributed by atoms with Crippen LogP contribution in [0, 0.1) is 0 Å². The van der Waals surface area contributed by atoms with E-state index >= 15 is 0 Å². The molecule has 4 rings (SSSR count). The van der Waals surface area contributed by atoms with Gasteiger partial charge in [0, 0.05) is 18.7 Å². The minimum atomic E-state index is -0.0155. The first-order chi connectivity index (χ1) is 11.2. The molecular formula is C19H22N2O2. The van der Waals surface area contributed by atoms with Crippen LogP contribution in [-0.4, -0.2) is 24.9 Å². The Morgan fingerprint density at radius 1 is 1.17 bits per heavy atom. The second kappa shape index (κ2) is 5.84. The largest absolute Gasteiger partial charge is 0.352 e. The Balaban J connectivity index is 1.43. The molecule has 0 fully saturated rings. The number of amides is 2. The monoisotopic (exact) mass is 310 g/mol. The summed E-state index contributed by atoms with van der Waals surface area (Å²) in [5.74, 6) is 0.152. The minimum Gasteiger partial charge on any atom is -0.352 e. The molecule has 2 amide bonds. The van der Waals surface area contributed by atoms with Crippen LogP contribution >= 0.6 is 0 Å². The molecule has 0 saturated heterocycles. The predicted octanol–water partition coefficient (Wildman–Crippen LogP) is 2.75. The third-order valence-corrected chi connectivity index (χ3v) is 5.16. The van der Waals surface area contributed by atoms with Crippen molar-refractivity contribution in [2.24, 2.45) is 0 Å². The lowest BCUT2D eigenvalue weighted by atomic mass is 9.97. The number of benzene rings is 1. The normalized spacial score (nSPS) is 18.9. The van der Waals surface area contributed by atoms with Crippen LogP contribution in [0.15, 0.2) is 23.8 Å². The van der Waals surface area contributed by atoms with Crippen LogP contribution in [-0.2, 0) is 17.6 Å². The van der Waals surface area contributed by atoms with E-state index < -0.39 is 0 Å². The molecule has 3 aliphatic rings. The van der Waals surface area contributed by atoms with E-state index in [0.29, 0.717) is 18.5 Å². The first-order valence-corrected chi connectivity index (χ1v) is 8.64. The van der Waals surface area contributed by atoms with Crippen LogP contribution in [0.4, 0.5) is 5.69 Å². The van der Waals surface area contributed by atoms with Crippen molar-refractivity contribution in [2.45, 2.75) is 44.9 Å². The van der Waals surface area contributed by atoms with Gasteiger partial charge in [0.2, 0.25) is 5.91 Å². The summed E-state index contributed by atoms with van der Waals surface area (Å²) < 4.78 is 0. The Morgan fingerprint density at radius 3 is 2.87 bits per heavy atom. The second-order valence-electron chi connectivity index (χ2n) is 6.73. The van der Waals surface area contributed by atoms with Gasteiger partial charge >= 0.3 is 0 Å². The lowest BCUT2D eigenvalue weighted by molar-refractivity contribution is -0.117. The molecule has 0 unspecified atom stereocenters. The zero-order chi connectivity index (χ0) is 15.8. The Kier molecular flexibility index (Phi) is 3.68. The molecule has 1 N–H and O–H groups in total. The minimum absolute atomic E-state index is 0.0155. The fourth-order valence-electron chi connectivity index (χ4n) is 3.99. The molecule has 2 aliphatic heterocycles. The molecule has 0 atom stereocenters. The highest BCUT2D eigenvalue weighted by Gasteiger charge is 2.34. The van der Waals surface area contributed by atoms with Crippen LogP contribution in [0.3, 0.4) is 0 Å². The van der Waals surface area contributed by atoms with Gasteiger partial charge in [-0.2, -0.15) is 0 Å². The maximum atomic E-state index is 12.4. The molecule has 1 aromatic rings. The SMILES string of the molecule is O=C(NCCC1=CCCCC1)c1cc2c3c(c1)CC(=O)N3CC2. The molecule has 0 spiro atoms. The Hall–Kier alpha value is -2.10. The van der Waals surface area contributed by atoms with Gasteiger partial charge < -0.3 is 10.2 Å². The summed E-state index contributed by atoms with van der Waals surface area (Å²) in [6, 6.07) is 3.86. The van der Waals surface area contributed by atoms with Crippen molar-refractivity contribution >= 4 is 17.5 Å². The van der Waals surface area contributed by atoms with Crippen molar-refractivity contribution in [3.63, 3.8) is 0 Å². The van der Waals surface area contributed by atoms with Crippen molar-refractivity contribution in [1.82, 2.24) is 5.32 Å². The third-order valence-electron chi connectivity index (χ3n) is 5.16. The van der Waals surface area contributed by atoms with Crippen LogP contribution in [0.2, 0.25) is 0 Å². The first-order valence-electron chi connectivity index (χ1n) is 8.64. The van der Waals surface area contributed by atoms with Gasteiger partial charge in [-0.05, 0) is 61.8 Å². The topological polar surface area (TPSA) is 49.4 Å². The molecule has 1 aliphatic carbocycles. The smallest absolute Gasteiger partial charge is 0.251 e. The Bertz CT molecular complexity index is 706. The van der Waals surface area contributed by atoms with Crippen molar-refractivity contribution in [3.05, 3.63) is 40.5 Å². The standard InChI is InChI=1S/C19H22N2O2/c22-17-12-15-11-16(10-14-7-9-21(17)18(14)15)19(23)20-8-6-13-4-2-1-3-5-13/h4,10-11H,1-3,5-9,12H2,(H,20,23). The Labute approximate surface area is 136 Å². The quantitative estimate of drug-likeness (QED) is 0.869. The third kappa shape index (κ3) is 2.67. The zero-order valence-corrected chi connectivity index (χ0v) is 13.4. The number of hydrogen-bond donors (Lipinski definition) is 1. The van der Waals surface area contributed by atoms with Crippen LogP contribution in [0.25, 0.3) is 0 Å². The van der Waals surface area contributed by atoms with E-state index in [2.05, 4.69) is 11.4 Å². The molecule has 4 heteroatoms. The fourth-order valence-corrected chi connectivity index (χ4v) is 3.99. The summed E-state index contributed by atoms with van der Waals surface area (Å²) in [7, 11) is 0. The molecular weight excluding hydrogens is 288 g/mol. The summed E-state index contributed by atoms with van der Waals surface area (Å²) in [4.78, 5) is 26.2. The van der Waals surface area contributed by atoms with E-state index in [1.165, 1.54) is 31.3 Å².